The van der Waals surface area contributed by atoms with E-state index in [9.17, 15) is 9.59 Å². The van der Waals surface area contributed by atoms with Gasteiger partial charge in [-0.05, 0) is 38.9 Å². The molecule has 104 valence electrons. The Morgan fingerprint density at radius 3 is 2.74 bits per heavy atom. The summed E-state index contributed by atoms with van der Waals surface area (Å²) in [5.74, 6) is 0.518. The number of carbonyl (C=O) groups excluding carboxylic acids is 1. The van der Waals surface area contributed by atoms with Crippen molar-refractivity contribution in [2.75, 3.05) is 20.6 Å². The number of nitrogens with zero attached hydrogens (tertiary/aromatic N) is 2. The number of hydrogen-bond donors (Lipinski definition) is 1. The van der Waals surface area contributed by atoms with Crippen LogP contribution in [0.4, 0.5) is 0 Å². The quantitative estimate of drug-likeness (QED) is 0.839. The first kappa shape index (κ1) is 13.8. The van der Waals surface area contributed by atoms with Crippen LogP contribution in [0.15, 0.2) is 23.1 Å². The molecule has 1 heterocycles. The Balaban J connectivity index is 1.96. The lowest BCUT2D eigenvalue weighted by Crippen LogP contribution is -2.41. The standard InChI is InChI=1S/C14H21N3O2/c1-16(2)12(10-4-5-10)9-15-14(19)11-6-7-17(3)13(18)8-11/h6-8,10,12H,4-5,9H2,1-3H3,(H,15,19). The van der Waals surface area contributed by atoms with Crippen molar-refractivity contribution < 1.29 is 4.79 Å². The molecule has 0 aromatic carbocycles. The molecule has 1 aromatic heterocycles. The highest BCUT2D eigenvalue weighted by atomic mass is 16.2. The molecule has 1 fully saturated rings. The molecule has 1 aromatic rings. The Kier molecular flexibility index (Phi) is 4.04. The van der Waals surface area contributed by atoms with Crippen molar-refractivity contribution in [2.24, 2.45) is 13.0 Å². The fraction of sp³-hybridized carbons (Fsp3) is 0.571. The van der Waals surface area contributed by atoms with E-state index < -0.39 is 0 Å². The Bertz CT molecular complexity index is 516. The lowest BCUT2D eigenvalue weighted by atomic mass is 10.1. The van der Waals surface area contributed by atoms with Gasteiger partial charge < -0.3 is 14.8 Å². The molecule has 1 N–H and O–H groups in total. The normalized spacial score (nSPS) is 16.4. The number of nitrogens with one attached hydrogen (secondary N) is 1. The van der Waals surface area contributed by atoms with Gasteiger partial charge in [-0.15, -0.1) is 0 Å². The molecule has 1 aliphatic carbocycles. The molecule has 0 aliphatic heterocycles. The van der Waals surface area contributed by atoms with E-state index in [-0.39, 0.29) is 11.5 Å². The van der Waals surface area contributed by atoms with E-state index in [2.05, 4.69) is 10.2 Å². The van der Waals surface area contributed by atoms with Gasteiger partial charge in [0.15, 0.2) is 0 Å². The molecule has 0 radical (unpaired) electrons. The first-order valence-corrected chi connectivity index (χ1v) is 6.60. The number of amides is 1. The fourth-order valence-electron chi connectivity index (χ4n) is 2.24. The van der Waals surface area contributed by atoms with E-state index in [1.807, 2.05) is 14.1 Å². The van der Waals surface area contributed by atoms with Gasteiger partial charge in [-0.25, -0.2) is 0 Å². The highest BCUT2D eigenvalue weighted by Gasteiger charge is 2.32. The molecule has 19 heavy (non-hydrogen) atoms. The summed E-state index contributed by atoms with van der Waals surface area (Å²) in [6.07, 6.45) is 4.09. The summed E-state index contributed by atoms with van der Waals surface area (Å²) in [5.41, 5.74) is 0.260. The predicted molar refractivity (Wildman–Crippen MR) is 74.2 cm³/mol. The van der Waals surface area contributed by atoms with Crippen molar-refractivity contribution in [3.63, 3.8) is 0 Å². The third-order valence-corrected chi connectivity index (χ3v) is 3.67. The van der Waals surface area contributed by atoms with Crippen molar-refractivity contribution in [1.29, 1.82) is 0 Å². The van der Waals surface area contributed by atoms with E-state index in [4.69, 9.17) is 0 Å². The van der Waals surface area contributed by atoms with Crippen LogP contribution in [-0.2, 0) is 7.05 Å². The van der Waals surface area contributed by atoms with E-state index >= 15 is 0 Å². The maximum Gasteiger partial charge on any atom is 0.251 e. The Hall–Kier alpha value is -1.62. The van der Waals surface area contributed by atoms with Gasteiger partial charge in [0, 0.05) is 37.5 Å². The first-order chi connectivity index (χ1) is 8.99. The fourth-order valence-corrected chi connectivity index (χ4v) is 2.24. The maximum absolute atomic E-state index is 12.0. The topological polar surface area (TPSA) is 54.3 Å². The first-order valence-electron chi connectivity index (χ1n) is 6.60. The lowest BCUT2D eigenvalue weighted by Gasteiger charge is -2.24. The van der Waals surface area contributed by atoms with Gasteiger partial charge in [0.25, 0.3) is 11.5 Å². The molecule has 0 bridgehead atoms. The SMILES string of the molecule is CN(C)C(CNC(=O)c1ccn(C)c(=O)c1)C1CC1. The van der Waals surface area contributed by atoms with Gasteiger partial charge in [0.05, 0.1) is 0 Å². The van der Waals surface area contributed by atoms with Crippen LogP contribution in [0.2, 0.25) is 0 Å². The molecular weight excluding hydrogens is 242 g/mol. The minimum Gasteiger partial charge on any atom is -0.350 e. The molecule has 1 aliphatic rings. The van der Waals surface area contributed by atoms with Crippen LogP contribution in [0.25, 0.3) is 0 Å². The minimum absolute atomic E-state index is 0.168. The molecule has 1 amide bonds. The van der Waals surface area contributed by atoms with E-state index in [1.54, 1.807) is 19.3 Å². The third-order valence-electron chi connectivity index (χ3n) is 3.67. The molecule has 1 unspecified atom stereocenters. The average molecular weight is 263 g/mol. The van der Waals surface area contributed by atoms with Crippen molar-refractivity contribution in [2.45, 2.75) is 18.9 Å². The monoisotopic (exact) mass is 263 g/mol. The summed E-state index contributed by atoms with van der Waals surface area (Å²) < 4.78 is 1.45. The Labute approximate surface area is 113 Å². The number of pyridine rings is 1. The van der Waals surface area contributed by atoms with Crippen molar-refractivity contribution in [3.8, 4) is 0 Å². The van der Waals surface area contributed by atoms with Gasteiger partial charge in [0.1, 0.15) is 0 Å². The lowest BCUT2D eigenvalue weighted by molar-refractivity contribution is 0.0938. The van der Waals surface area contributed by atoms with Crippen LogP contribution >= 0.6 is 0 Å². The number of aryl methyl sites for hydroxylation is 1. The molecule has 0 spiro atoms. The summed E-state index contributed by atoms with van der Waals surface area (Å²) in [5, 5.41) is 2.92. The van der Waals surface area contributed by atoms with Crippen LogP contribution in [-0.4, -0.2) is 42.1 Å². The number of hydrogen-bond acceptors (Lipinski definition) is 3. The second-order valence-corrected chi connectivity index (χ2v) is 5.44. The highest BCUT2D eigenvalue weighted by molar-refractivity contribution is 5.93. The van der Waals surface area contributed by atoms with Gasteiger partial charge in [-0.2, -0.15) is 0 Å². The average Bonchev–Trinajstić information content (AvgIpc) is 3.16. The van der Waals surface area contributed by atoms with Crippen LogP contribution in [0.1, 0.15) is 23.2 Å². The van der Waals surface area contributed by atoms with E-state index in [0.717, 1.165) is 0 Å². The van der Waals surface area contributed by atoms with Crippen molar-refractivity contribution in [1.82, 2.24) is 14.8 Å². The highest BCUT2D eigenvalue weighted by Crippen LogP contribution is 2.34. The van der Waals surface area contributed by atoms with Crippen LogP contribution in [0, 0.1) is 5.92 Å². The van der Waals surface area contributed by atoms with Crippen molar-refractivity contribution in [3.05, 3.63) is 34.2 Å². The molecule has 5 nitrogen and oxygen atoms in total. The number of carbonyl (C=O) groups is 1. The second-order valence-electron chi connectivity index (χ2n) is 5.44. The Morgan fingerprint density at radius 1 is 1.53 bits per heavy atom. The zero-order chi connectivity index (χ0) is 14.0. The Morgan fingerprint density at radius 2 is 2.21 bits per heavy atom. The van der Waals surface area contributed by atoms with Crippen LogP contribution in [0.5, 0.6) is 0 Å². The largest absolute Gasteiger partial charge is 0.350 e. The van der Waals surface area contributed by atoms with E-state index in [1.165, 1.54) is 23.5 Å². The minimum atomic E-state index is -0.176. The predicted octanol–water partition coefficient (Wildman–Crippen LogP) is 0.455. The van der Waals surface area contributed by atoms with Crippen LogP contribution < -0.4 is 10.9 Å². The zero-order valence-corrected chi connectivity index (χ0v) is 11.7. The summed E-state index contributed by atoms with van der Waals surface area (Å²) in [6.45, 7) is 0.631. The molecule has 1 saturated carbocycles. The number of likely N-dealkylation sites (N-methyl/N-ethyl adjacent to an activating group) is 1. The van der Waals surface area contributed by atoms with E-state index in [0.29, 0.717) is 24.1 Å². The smallest absolute Gasteiger partial charge is 0.251 e. The second kappa shape index (κ2) is 5.57. The molecule has 0 saturated heterocycles. The summed E-state index contributed by atoms with van der Waals surface area (Å²) in [6, 6.07) is 3.42. The molecule has 2 rings (SSSR count). The summed E-state index contributed by atoms with van der Waals surface area (Å²) >= 11 is 0. The van der Waals surface area contributed by atoms with Gasteiger partial charge in [0.2, 0.25) is 0 Å². The van der Waals surface area contributed by atoms with Crippen LogP contribution in [0.3, 0.4) is 0 Å². The maximum atomic E-state index is 12.0. The van der Waals surface area contributed by atoms with Crippen molar-refractivity contribution >= 4 is 5.91 Å². The zero-order valence-electron chi connectivity index (χ0n) is 11.7. The molecule has 5 heteroatoms. The van der Waals surface area contributed by atoms with Gasteiger partial charge in [-0.1, -0.05) is 0 Å². The number of aromatic nitrogens is 1. The van der Waals surface area contributed by atoms with Gasteiger partial charge >= 0.3 is 0 Å². The third kappa shape index (κ3) is 3.44. The summed E-state index contributed by atoms with van der Waals surface area (Å²) in [7, 11) is 5.74. The molecular formula is C14H21N3O2. The molecule has 1 atom stereocenters. The summed E-state index contributed by atoms with van der Waals surface area (Å²) in [4.78, 5) is 25.6. The van der Waals surface area contributed by atoms with Gasteiger partial charge in [-0.3, -0.25) is 9.59 Å². The number of rotatable bonds is 5.